The van der Waals surface area contributed by atoms with Gasteiger partial charge in [0.2, 0.25) is 0 Å². The van der Waals surface area contributed by atoms with Gasteiger partial charge in [0.05, 0.1) is 0 Å². The van der Waals surface area contributed by atoms with Crippen molar-refractivity contribution in [2.75, 3.05) is 13.2 Å². The molecule has 23 heavy (non-hydrogen) atoms. The zero-order chi connectivity index (χ0) is 16.1. The minimum atomic E-state index is -0.279. The second-order valence-corrected chi connectivity index (χ2v) is 5.28. The third kappa shape index (κ3) is 3.69. The summed E-state index contributed by atoms with van der Waals surface area (Å²) in [4.78, 5) is 12.1. The van der Waals surface area contributed by atoms with Gasteiger partial charge in [0, 0.05) is 17.7 Å². The van der Waals surface area contributed by atoms with Crippen molar-refractivity contribution in [2.24, 2.45) is 5.10 Å². The molecule has 0 saturated carbocycles. The van der Waals surface area contributed by atoms with Crippen LogP contribution in [-0.2, 0) is 0 Å². The lowest BCUT2D eigenvalue weighted by molar-refractivity contribution is 0.0953. The summed E-state index contributed by atoms with van der Waals surface area (Å²) in [5.41, 5.74) is 4.17. The van der Waals surface area contributed by atoms with Gasteiger partial charge < -0.3 is 9.47 Å². The van der Waals surface area contributed by atoms with E-state index in [1.807, 2.05) is 37.3 Å². The maximum Gasteiger partial charge on any atom is 0.271 e. The number of benzene rings is 2. The average molecular weight is 310 g/mol. The monoisotopic (exact) mass is 310 g/mol. The molecule has 0 unspecified atom stereocenters. The predicted molar refractivity (Wildman–Crippen MR) is 88.2 cm³/mol. The quantitative estimate of drug-likeness (QED) is 0.697. The van der Waals surface area contributed by atoms with Gasteiger partial charge >= 0.3 is 0 Å². The third-order valence-corrected chi connectivity index (χ3v) is 3.59. The minimum Gasteiger partial charge on any atom is -0.486 e. The fourth-order valence-electron chi connectivity index (χ4n) is 2.30. The van der Waals surface area contributed by atoms with Gasteiger partial charge in [-0.1, -0.05) is 37.3 Å². The smallest absolute Gasteiger partial charge is 0.271 e. The molecule has 1 aliphatic rings. The summed E-state index contributed by atoms with van der Waals surface area (Å²) < 4.78 is 10.9. The first-order chi connectivity index (χ1) is 11.2. The fraction of sp³-hybridized carbons (Fsp3) is 0.222. The standard InChI is InChI=1S/C18H18N2O3/c1-13(14-5-3-2-4-6-14)12-19-20-18(21)15-7-8-16-17(11-15)23-10-9-22-16/h2-8,11-13H,9-10H2,1H3,(H,20,21)/b19-12-/t13-/m0/s1. The summed E-state index contributed by atoms with van der Waals surface area (Å²) >= 11 is 0. The van der Waals surface area contributed by atoms with Crippen LogP contribution in [0.4, 0.5) is 0 Å². The first kappa shape index (κ1) is 15.1. The molecule has 0 bridgehead atoms. The Hall–Kier alpha value is -2.82. The molecule has 0 aliphatic carbocycles. The number of nitrogens with zero attached hydrogens (tertiary/aromatic N) is 1. The van der Waals surface area contributed by atoms with E-state index in [4.69, 9.17) is 9.47 Å². The number of rotatable bonds is 4. The van der Waals surface area contributed by atoms with Crippen molar-refractivity contribution in [2.45, 2.75) is 12.8 Å². The first-order valence-corrected chi connectivity index (χ1v) is 7.52. The van der Waals surface area contributed by atoms with Gasteiger partial charge in [-0.2, -0.15) is 5.10 Å². The Labute approximate surface area is 134 Å². The average Bonchev–Trinajstić information content (AvgIpc) is 2.61. The molecule has 1 amide bonds. The van der Waals surface area contributed by atoms with Crippen LogP contribution in [-0.4, -0.2) is 25.3 Å². The highest BCUT2D eigenvalue weighted by Crippen LogP contribution is 2.30. The van der Waals surface area contributed by atoms with E-state index in [2.05, 4.69) is 10.5 Å². The number of hydrazone groups is 1. The molecule has 1 atom stereocenters. The Bertz CT molecular complexity index is 713. The molecule has 0 aromatic heterocycles. The normalized spacial score (nSPS) is 14.5. The van der Waals surface area contributed by atoms with Gasteiger partial charge in [-0.3, -0.25) is 4.79 Å². The van der Waals surface area contributed by atoms with Crippen molar-refractivity contribution in [1.82, 2.24) is 5.43 Å². The number of nitrogens with one attached hydrogen (secondary N) is 1. The number of ether oxygens (including phenoxy) is 2. The summed E-state index contributed by atoms with van der Waals surface area (Å²) in [6.45, 7) is 3.04. The van der Waals surface area contributed by atoms with Gasteiger partial charge in [0.1, 0.15) is 13.2 Å². The second kappa shape index (κ2) is 6.96. The summed E-state index contributed by atoms with van der Waals surface area (Å²) in [6, 6.07) is 15.1. The van der Waals surface area contributed by atoms with Crippen LogP contribution >= 0.6 is 0 Å². The molecule has 1 aliphatic heterocycles. The molecule has 2 aromatic rings. The van der Waals surface area contributed by atoms with E-state index in [-0.39, 0.29) is 11.8 Å². The van der Waals surface area contributed by atoms with Crippen LogP contribution in [0.2, 0.25) is 0 Å². The summed E-state index contributed by atoms with van der Waals surface area (Å²) in [7, 11) is 0. The van der Waals surface area contributed by atoms with Crippen LogP contribution in [0.3, 0.4) is 0 Å². The van der Waals surface area contributed by atoms with Crippen molar-refractivity contribution in [3.05, 3.63) is 59.7 Å². The van der Waals surface area contributed by atoms with E-state index in [1.54, 1.807) is 24.4 Å². The van der Waals surface area contributed by atoms with Crippen molar-refractivity contribution in [3.63, 3.8) is 0 Å². The minimum absolute atomic E-state index is 0.122. The number of carbonyl (C=O) groups is 1. The molecule has 0 fully saturated rings. The molecule has 0 spiro atoms. The zero-order valence-electron chi connectivity index (χ0n) is 12.9. The molecular formula is C18H18N2O3. The van der Waals surface area contributed by atoms with Crippen LogP contribution in [0.25, 0.3) is 0 Å². The largest absolute Gasteiger partial charge is 0.486 e. The molecule has 1 N–H and O–H groups in total. The van der Waals surface area contributed by atoms with Crippen LogP contribution < -0.4 is 14.9 Å². The van der Waals surface area contributed by atoms with E-state index in [1.165, 1.54) is 0 Å². The molecular weight excluding hydrogens is 292 g/mol. The van der Waals surface area contributed by atoms with E-state index in [0.29, 0.717) is 30.3 Å². The molecule has 5 nitrogen and oxygen atoms in total. The second-order valence-electron chi connectivity index (χ2n) is 5.28. The lowest BCUT2D eigenvalue weighted by Gasteiger charge is -2.18. The molecule has 5 heteroatoms. The maximum atomic E-state index is 12.1. The number of hydrogen-bond donors (Lipinski definition) is 1. The highest BCUT2D eigenvalue weighted by Gasteiger charge is 2.14. The summed E-state index contributed by atoms with van der Waals surface area (Å²) in [5, 5.41) is 4.04. The SMILES string of the molecule is C[C@@H](/C=N\NC(=O)c1ccc2c(c1)OCCO2)c1ccccc1. The zero-order valence-corrected chi connectivity index (χ0v) is 12.9. The molecule has 2 aromatic carbocycles. The first-order valence-electron chi connectivity index (χ1n) is 7.52. The highest BCUT2D eigenvalue weighted by molar-refractivity contribution is 5.95. The van der Waals surface area contributed by atoms with Crippen molar-refractivity contribution in [1.29, 1.82) is 0 Å². The van der Waals surface area contributed by atoms with Crippen LogP contribution in [0.1, 0.15) is 28.8 Å². The van der Waals surface area contributed by atoms with Gasteiger partial charge in [-0.25, -0.2) is 5.43 Å². The summed E-state index contributed by atoms with van der Waals surface area (Å²) in [5.74, 6) is 1.09. The number of hydrogen-bond acceptors (Lipinski definition) is 4. The molecule has 118 valence electrons. The lowest BCUT2D eigenvalue weighted by Crippen LogP contribution is -2.20. The van der Waals surface area contributed by atoms with Crippen molar-refractivity contribution >= 4 is 12.1 Å². The Morgan fingerprint density at radius 2 is 1.87 bits per heavy atom. The number of carbonyl (C=O) groups excluding carboxylic acids is 1. The van der Waals surface area contributed by atoms with Gasteiger partial charge in [0.25, 0.3) is 5.91 Å². The fourth-order valence-corrected chi connectivity index (χ4v) is 2.30. The number of fused-ring (bicyclic) bond motifs is 1. The predicted octanol–water partition coefficient (Wildman–Crippen LogP) is 2.98. The highest BCUT2D eigenvalue weighted by atomic mass is 16.6. The van der Waals surface area contributed by atoms with Crippen molar-refractivity contribution in [3.8, 4) is 11.5 Å². The van der Waals surface area contributed by atoms with E-state index in [9.17, 15) is 4.79 Å². The van der Waals surface area contributed by atoms with Gasteiger partial charge in [0.15, 0.2) is 11.5 Å². The summed E-state index contributed by atoms with van der Waals surface area (Å²) in [6.07, 6.45) is 1.71. The number of amides is 1. The van der Waals surface area contributed by atoms with E-state index < -0.39 is 0 Å². The van der Waals surface area contributed by atoms with Crippen LogP contribution in [0.15, 0.2) is 53.6 Å². The Morgan fingerprint density at radius 1 is 1.13 bits per heavy atom. The van der Waals surface area contributed by atoms with E-state index >= 15 is 0 Å². The molecule has 0 saturated heterocycles. The lowest BCUT2D eigenvalue weighted by atomic mass is 10.0. The van der Waals surface area contributed by atoms with E-state index in [0.717, 1.165) is 5.56 Å². The topological polar surface area (TPSA) is 59.9 Å². The molecule has 3 rings (SSSR count). The van der Waals surface area contributed by atoms with Crippen LogP contribution in [0.5, 0.6) is 11.5 Å². The Kier molecular flexibility index (Phi) is 4.57. The van der Waals surface area contributed by atoms with Gasteiger partial charge in [-0.05, 0) is 23.8 Å². The van der Waals surface area contributed by atoms with Crippen molar-refractivity contribution < 1.29 is 14.3 Å². The Balaban J connectivity index is 1.62. The molecule has 0 radical (unpaired) electrons. The van der Waals surface area contributed by atoms with Crippen LogP contribution in [0, 0.1) is 0 Å². The molecule has 1 heterocycles. The maximum absolute atomic E-state index is 12.1. The Morgan fingerprint density at radius 3 is 2.65 bits per heavy atom. The third-order valence-electron chi connectivity index (χ3n) is 3.59. The van der Waals surface area contributed by atoms with Gasteiger partial charge in [-0.15, -0.1) is 0 Å².